The zero-order chi connectivity index (χ0) is 19.5. The van der Waals surface area contributed by atoms with Crippen LogP contribution in [0.25, 0.3) is 11.4 Å². The number of hydrogen-bond acceptors (Lipinski definition) is 7. The zero-order valence-electron chi connectivity index (χ0n) is 15.1. The van der Waals surface area contributed by atoms with E-state index in [0.29, 0.717) is 10.8 Å². The van der Waals surface area contributed by atoms with E-state index in [-0.39, 0.29) is 11.6 Å². The molecule has 10 heteroatoms. The normalized spacial score (nSPS) is 10.8. The summed E-state index contributed by atoms with van der Waals surface area (Å²) in [7, 11) is 0. The Morgan fingerprint density at radius 1 is 1.04 bits per heavy atom. The number of carbonyl (C=O) groups excluding carboxylic acids is 1. The van der Waals surface area contributed by atoms with Gasteiger partial charge in [0.25, 0.3) is 5.91 Å². The van der Waals surface area contributed by atoms with Gasteiger partial charge in [0.2, 0.25) is 5.16 Å². The molecule has 0 fully saturated rings. The van der Waals surface area contributed by atoms with Crippen LogP contribution in [0.1, 0.15) is 16.1 Å². The standard InChI is InChI=1S/C18H16N8OS/c1-12-6-8-14(9-7-12)25-11-16(20-23-25)17(27)19-13-4-3-5-15(10-13)26-18(28-2)21-22-24-26/h3-11H,1-2H3,(H,19,27). The number of amides is 1. The van der Waals surface area contributed by atoms with Crippen LogP contribution < -0.4 is 5.32 Å². The topological polar surface area (TPSA) is 103 Å². The van der Waals surface area contributed by atoms with Crippen molar-refractivity contribution < 1.29 is 4.79 Å². The monoisotopic (exact) mass is 392 g/mol. The maximum atomic E-state index is 12.6. The van der Waals surface area contributed by atoms with Crippen molar-refractivity contribution in [3.8, 4) is 11.4 Å². The third kappa shape index (κ3) is 3.62. The predicted octanol–water partition coefficient (Wildman–Crippen LogP) is 2.53. The highest BCUT2D eigenvalue weighted by molar-refractivity contribution is 7.98. The Morgan fingerprint density at radius 2 is 1.86 bits per heavy atom. The van der Waals surface area contributed by atoms with E-state index in [2.05, 4.69) is 31.2 Å². The van der Waals surface area contributed by atoms with E-state index in [1.54, 1.807) is 27.7 Å². The molecule has 0 saturated carbocycles. The molecule has 0 spiro atoms. The minimum Gasteiger partial charge on any atom is -0.320 e. The maximum Gasteiger partial charge on any atom is 0.277 e. The smallest absolute Gasteiger partial charge is 0.277 e. The molecule has 28 heavy (non-hydrogen) atoms. The number of carbonyl (C=O) groups is 1. The Balaban J connectivity index is 1.53. The van der Waals surface area contributed by atoms with Gasteiger partial charge >= 0.3 is 0 Å². The quantitative estimate of drug-likeness (QED) is 0.521. The van der Waals surface area contributed by atoms with E-state index in [4.69, 9.17) is 0 Å². The number of aromatic nitrogens is 7. The molecule has 4 aromatic rings. The molecule has 2 aromatic heterocycles. The van der Waals surface area contributed by atoms with Crippen molar-refractivity contribution in [3.63, 3.8) is 0 Å². The molecule has 0 aliphatic rings. The second-order valence-electron chi connectivity index (χ2n) is 5.97. The first-order valence-electron chi connectivity index (χ1n) is 8.37. The van der Waals surface area contributed by atoms with E-state index < -0.39 is 0 Å². The summed E-state index contributed by atoms with van der Waals surface area (Å²) in [6.45, 7) is 2.01. The van der Waals surface area contributed by atoms with Gasteiger partial charge in [-0.05, 0) is 53.9 Å². The van der Waals surface area contributed by atoms with Gasteiger partial charge in [-0.15, -0.1) is 10.2 Å². The number of rotatable bonds is 5. The summed E-state index contributed by atoms with van der Waals surface area (Å²) in [6.07, 6.45) is 3.49. The number of benzene rings is 2. The Kier molecular flexibility index (Phi) is 4.85. The average molecular weight is 392 g/mol. The molecule has 0 atom stereocenters. The molecular weight excluding hydrogens is 376 g/mol. The number of nitrogens with one attached hydrogen (secondary N) is 1. The van der Waals surface area contributed by atoms with Gasteiger partial charge in [0.1, 0.15) is 0 Å². The van der Waals surface area contributed by atoms with E-state index >= 15 is 0 Å². The van der Waals surface area contributed by atoms with Gasteiger partial charge in [-0.25, -0.2) is 4.68 Å². The second-order valence-corrected chi connectivity index (χ2v) is 6.74. The lowest BCUT2D eigenvalue weighted by molar-refractivity contribution is 0.102. The van der Waals surface area contributed by atoms with Gasteiger partial charge in [0.15, 0.2) is 5.69 Å². The zero-order valence-corrected chi connectivity index (χ0v) is 16.0. The number of anilines is 1. The SMILES string of the molecule is CSc1nnnn1-c1cccc(NC(=O)c2cn(-c3ccc(C)cc3)nn2)c1. The van der Waals surface area contributed by atoms with Gasteiger partial charge < -0.3 is 5.32 Å². The van der Waals surface area contributed by atoms with Crippen LogP contribution in [-0.2, 0) is 0 Å². The Labute approximate surface area is 164 Å². The van der Waals surface area contributed by atoms with Crippen molar-refractivity contribution in [1.82, 2.24) is 35.2 Å². The van der Waals surface area contributed by atoms with Crippen molar-refractivity contribution in [1.29, 1.82) is 0 Å². The Morgan fingerprint density at radius 3 is 2.64 bits per heavy atom. The van der Waals surface area contributed by atoms with Crippen LogP contribution in [0.3, 0.4) is 0 Å². The van der Waals surface area contributed by atoms with Crippen LogP contribution in [0.5, 0.6) is 0 Å². The second kappa shape index (κ2) is 7.61. The lowest BCUT2D eigenvalue weighted by Crippen LogP contribution is -2.12. The third-order valence-electron chi connectivity index (χ3n) is 4.00. The minimum absolute atomic E-state index is 0.221. The van der Waals surface area contributed by atoms with Gasteiger partial charge in [-0.3, -0.25) is 4.79 Å². The van der Waals surface area contributed by atoms with E-state index in [0.717, 1.165) is 16.9 Å². The highest BCUT2D eigenvalue weighted by Gasteiger charge is 2.13. The molecule has 0 aliphatic heterocycles. The first-order valence-corrected chi connectivity index (χ1v) is 9.60. The van der Waals surface area contributed by atoms with Crippen LogP contribution in [0.4, 0.5) is 5.69 Å². The lowest BCUT2D eigenvalue weighted by atomic mass is 10.2. The fraction of sp³-hybridized carbons (Fsp3) is 0.111. The van der Waals surface area contributed by atoms with Crippen LogP contribution in [-0.4, -0.2) is 47.4 Å². The third-order valence-corrected chi connectivity index (χ3v) is 4.62. The summed E-state index contributed by atoms with van der Waals surface area (Å²) < 4.78 is 3.17. The molecule has 140 valence electrons. The summed E-state index contributed by atoms with van der Waals surface area (Å²) in [4.78, 5) is 12.6. The van der Waals surface area contributed by atoms with Gasteiger partial charge in [0.05, 0.1) is 17.6 Å². The number of thioether (sulfide) groups is 1. The fourth-order valence-corrected chi connectivity index (χ4v) is 3.00. The molecular formula is C18H16N8OS. The van der Waals surface area contributed by atoms with E-state index in [9.17, 15) is 4.79 Å². The van der Waals surface area contributed by atoms with Crippen molar-refractivity contribution >= 4 is 23.4 Å². The first kappa shape index (κ1) is 17.9. The molecule has 4 rings (SSSR count). The molecule has 0 aliphatic carbocycles. The minimum atomic E-state index is -0.350. The van der Waals surface area contributed by atoms with Gasteiger partial charge in [-0.1, -0.05) is 40.7 Å². The number of tetrazole rings is 1. The van der Waals surface area contributed by atoms with Crippen molar-refractivity contribution in [2.24, 2.45) is 0 Å². The largest absolute Gasteiger partial charge is 0.320 e. The molecule has 0 unspecified atom stereocenters. The number of hydrogen-bond donors (Lipinski definition) is 1. The van der Waals surface area contributed by atoms with Gasteiger partial charge in [0, 0.05) is 5.69 Å². The Bertz CT molecular complexity index is 1120. The molecule has 0 bridgehead atoms. The van der Waals surface area contributed by atoms with Crippen LogP contribution >= 0.6 is 11.8 Å². The van der Waals surface area contributed by atoms with Crippen LogP contribution in [0.2, 0.25) is 0 Å². The molecule has 1 N–H and O–H groups in total. The lowest BCUT2D eigenvalue weighted by Gasteiger charge is -2.06. The van der Waals surface area contributed by atoms with Crippen molar-refractivity contribution in [3.05, 3.63) is 66.0 Å². The highest BCUT2D eigenvalue weighted by atomic mass is 32.2. The summed E-state index contributed by atoms with van der Waals surface area (Å²) in [6, 6.07) is 15.1. The van der Waals surface area contributed by atoms with Gasteiger partial charge in [-0.2, -0.15) is 4.68 Å². The molecule has 1 amide bonds. The predicted molar refractivity (Wildman–Crippen MR) is 105 cm³/mol. The summed E-state index contributed by atoms with van der Waals surface area (Å²) >= 11 is 1.43. The molecule has 2 heterocycles. The fourth-order valence-electron chi connectivity index (χ4n) is 2.57. The highest BCUT2D eigenvalue weighted by Crippen LogP contribution is 2.19. The molecule has 9 nitrogen and oxygen atoms in total. The summed E-state index contributed by atoms with van der Waals surface area (Å²) in [5, 5.41) is 23.1. The van der Waals surface area contributed by atoms with Crippen LogP contribution in [0, 0.1) is 6.92 Å². The Hall–Kier alpha value is -3.53. The van der Waals surface area contributed by atoms with Crippen molar-refractivity contribution in [2.45, 2.75) is 12.1 Å². The number of aryl methyl sites for hydroxylation is 1. The molecule has 0 radical (unpaired) electrons. The molecule has 0 saturated heterocycles. The van der Waals surface area contributed by atoms with Crippen molar-refractivity contribution in [2.75, 3.05) is 11.6 Å². The van der Waals surface area contributed by atoms with E-state index in [1.165, 1.54) is 11.8 Å². The number of nitrogens with zero attached hydrogens (tertiary/aromatic N) is 7. The first-order chi connectivity index (χ1) is 13.6. The molecule has 2 aromatic carbocycles. The van der Waals surface area contributed by atoms with E-state index in [1.807, 2.05) is 49.6 Å². The summed E-state index contributed by atoms with van der Waals surface area (Å²) in [5.74, 6) is -0.350. The maximum absolute atomic E-state index is 12.6. The average Bonchev–Trinajstić information content (AvgIpc) is 3.38. The van der Waals surface area contributed by atoms with Crippen LogP contribution in [0.15, 0.2) is 59.9 Å². The summed E-state index contributed by atoms with van der Waals surface area (Å²) in [5.41, 5.74) is 3.56.